The van der Waals surface area contributed by atoms with Crippen LogP contribution >= 0.6 is 0 Å². The van der Waals surface area contributed by atoms with Crippen LogP contribution in [0, 0.1) is 0 Å². The Bertz CT molecular complexity index is 539. The second-order valence-corrected chi connectivity index (χ2v) is 4.83. The molecule has 1 aliphatic heterocycles. The molecule has 2 rings (SSSR count). The van der Waals surface area contributed by atoms with Gasteiger partial charge in [-0.05, 0) is 18.2 Å². The van der Waals surface area contributed by atoms with E-state index >= 15 is 0 Å². The van der Waals surface area contributed by atoms with Crippen molar-refractivity contribution in [3.63, 3.8) is 0 Å². The molecule has 1 aliphatic rings. The number of hydrogen-bond donors (Lipinski definition) is 1. The van der Waals surface area contributed by atoms with Crippen LogP contribution in [-0.4, -0.2) is 63.8 Å². The highest BCUT2D eigenvalue weighted by Crippen LogP contribution is 2.28. The summed E-state index contributed by atoms with van der Waals surface area (Å²) in [5.74, 6) is 0.176. The van der Waals surface area contributed by atoms with Crippen LogP contribution in [0.4, 0.5) is 5.69 Å². The van der Waals surface area contributed by atoms with Gasteiger partial charge in [0.05, 0.1) is 18.9 Å². The first-order valence-corrected chi connectivity index (χ1v) is 6.99. The van der Waals surface area contributed by atoms with E-state index in [4.69, 9.17) is 14.2 Å². The van der Waals surface area contributed by atoms with Crippen molar-refractivity contribution in [2.24, 2.45) is 0 Å². The normalized spacial score (nSPS) is 13.1. The number of hydrogen-bond acceptors (Lipinski definition) is 5. The predicted molar refractivity (Wildman–Crippen MR) is 80.2 cm³/mol. The largest absolute Gasteiger partial charge is 0.482 e. The summed E-state index contributed by atoms with van der Waals surface area (Å²) in [6.07, 6.45) is 0. The quantitative estimate of drug-likeness (QED) is 0.804. The maximum Gasteiger partial charge on any atom is 0.262 e. The molecule has 1 heterocycles. The molecule has 7 nitrogen and oxygen atoms in total. The number of rotatable bonds is 7. The molecule has 0 bridgehead atoms. The number of carbonyl (C=O) groups is 2. The van der Waals surface area contributed by atoms with Crippen LogP contribution in [0.1, 0.15) is 10.4 Å². The van der Waals surface area contributed by atoms with Gasteiger partial charge in [-0.15, -0.1) is 0 Å². The van der Waals surface area contributed by atoms with Crippen LogP contribution < -0.4 is 10.1 Å². The Hall–Kier alpha value is -2.12. The lowest BCUT2D eigenvalue weighted by molar-refractivity contribution is -0.118. The summed E-state index contributed by atoms with van der Waals surface area (Å²) in [5, 5.41) is 2.69. The molecular formula is C15H20N2O5. The van der Waals surface area contributed by atoms with Crippen LogP contribution in [-0.2, 0) is 14.3 Å². The number of nitrogens with one attached hydrogen (secondary N) is 1. The SMILES string of the molecule is COCCN(CCOC)C(=O)c1ccc2c(c1)OCC(=O)N2. The summed E-state index contributed by atoms with van der Waals surface area (Å²) >= 11 is 0. The van der Waals surface area contributed by atoms with Gasteiger partial charge in [0.15, 0.2) is 6.61 Å². The smallest absolute Gasteiger partial charge is 0.262 e. The molecule has 1 aromatic carbocycles. The lowest BCUT2D eigenvalue weighted by atomic mass is 10.1. The Morgan fingerprint density at radius 1 is 1.27 bits per heavy atom. The van der Waals surface area contributed by atoms with Crippen LogP contribution in [0.2, 0.25) is 0 Å². The molecule has 1 N–H and O–H groups in total. The molecule has 120 valence electrons. The standard InChI is InChI=1S/C15H20N2O5/c1-20-7-5-17(6-8-21-2)15(19)11-3-4-12-13(9-11)22-10-14(18)16-12/h3-4,9H,5-8,10H2,1-2H3,(H,16,18). The zero-order valence-corrected chi connectivity index (χ0v) is 12.8. The number of ether oxygens (including phenoxy) is 3. The predicted octanol–water partition coefficient (Wildman–Crippen LogP) is 0.752. The van der Waals surface area contributed by atoms with Gasteiger partial charge in [-0.25, -0.2) is 0 Å². The van der Waals surface area contributed by atoms with Gasteiger partial charge in [0.25, 0.3) is 11.8 Å². The molecule has 0 unspecified atom stereocenters. The lowest BCUT2D eigenvalue weighted by Crippen LogP contribution is -2.36. The third-order valence-corrected chi connectivity index (χ3v) is 3.28. The third kappa shape index (κ3) is 3.96. The molecule has 1 aromatic rings. The van der Waals surface area contributed by atoms with E-state index < -0.39 is 0 Å². The average molecular weight is 308 g/mol. The molecule has 0 saturated heterocycles. The van der Waals surface area contributed by atoms with Crippen LogP contribution in [0.15, 0.2) is 18.2 Å². The van der Waals surface area contributed by atoms with Crippen molar-refractivity contribution < 1.29 is 23.8 Å². The summed E-state index contributed by atoms with van der Waals surface area (Å²) in [5.41, 5.74) is 1.08. The maximum absolute atomic E-state index is 12.6. The van der Waals surface area contributed by atoms with Crippen molar-refractivity contribution >= 4 is 17.5 Å². The number of amides is 2. The fraction of sp³-hybridized carbons (Fsp3) is 0.467. The van der Waals surface area contributed by atoms with E-state index in [0.717, 1.165) is 0 Å². The topological polar surface area (TPSA) is 77.1 Å². The third-order valence-electron chi connectivity index (χ3n) is 3.28. The summed E-state index contributed by atoms with van der Waals surface area (Å²) in [4.78, 5) is 25.5. The van der Waals surface area contributed by atoms with E-state index in [-0.39, 0.29) is 18.4 Å². The van der Waals surface area contributed by atoms with Gasteiger partial charge < -0.3 is 24.4 Å². The monoisotopic (exact) mass is 308 g/mol. The lowest BCUT2D eigenvalue weighted by Gasteiger charge is -2.23. The average Bonchev–Trinajstić information content (AvgIpc) is 2.54. The molecule has 0 saturated carbocycles. The van der Waals surface area contributed by atoms with Crippen LogP contribution in [0.25, 0.3) is 0 Å². The second kappa shape index (κ2) is 7.77. The summed E-state index contributed by atoms with van der Waals surface area (Å²) in [6, 6.07) is 4.98. The van der Waals surface area contributed by atoms with Crippen molar-refractivity contribution in [1.82, 2.24) is 4.90 Å². The van der Waals surface area contributed by atoms with E-state index in [0.29, 0.717) is 43.3 Å². The Labute approximate surface area is 129 Å². The van der Waals surface area contributed by atoms with E-state index in [2.05, 4.69) is 5.32 Å². The fourth-order valence-corrected chi connectivity index (χ4v) is 2.11. The van der Waals surface area contributed by atoms with E-state index in [1.54, 1.807) is 37.3 Å². The molecular weight excluding hydrogens is 288 g/mol. The molecule has 2 amide bonds. The first-order chi connectivity index (χ1) is 10.7. The van der Waals surface area contributed by atoms with Crippen molar-refractivity contribution in [2.45, 2.75) is 0 Å². The summed E-state index contributed by atoms with van der Waals surface area (Å²) in [7, 11) is 3.18. The van der Waals surface area contributed by atoms with E-state index in [1.165, 1.54) is 0 Å². The molecule has 0 atom stereocenters. The van der Waals surface area contributed by atoms with Crippen molar-refractivity contribution in [2.75, 3.05) is 52.4 Å². The maximum atomic E-state index is 12.6. The number of anilines is 1. The number of carbonyl (C=O) groups excluding carboxylic acids is 2. The molecule has 0 spiro atoms. The molecule has 7 heteroatoms. The molecule has 22 heavy (non-hydrogen) atoms. The first-order valence-electron chi connectivity index (χ1n) is 6.99. The first kappa shape index (κ1) is 16.3. The number of methoxy groups -OCH3 is 2. The molecule has 0 aliphatic carbocycles. The Morgan fingerprint density at radius 3 is 2.59 bits per heavy atom. The summed E-state index contributed by atoms with van der Waals surface area (Å²) < 4.78 is 15.4. The second-order valence-electron chi connectivity index (χ2n) is 4.83. The Kier molecular flexibility index (Phi) is 5.74. The number of fused-ring (bicyclic) bond motifs is 1. The minimum atomic E-state index is -0.201. The molecule has 0 radical (unpaired) electrons. The van der Waals surface area contributed by atoms with Crippen molar-refractivity contribution in [3.8, 4) is 5.75 Å². The van der Waals surface area contributed by atoms with Gasteiger partial charge in [-0.3, -0.25) is 9.59 Å². The highest BCUT2D eigenvalue weighted by molar-refractivity contribution is 5.99. The van der Waals surface area contributed by atoms with Crippen LogP contribution in [0.3, 0.4) is 0 Å². The summed E-state index contributed by atoms with van der Waals surface area (Å²) in [6.45, 7) is 1.82. The van der Waals surface area contributed by atoms with E-state index in [1.807, 2.05) is 0 Å². The zero-order chi connectivity index (χ0) is 15.9. The number of benzene rings is 1. The van der Waals surface area contributed by atoms with Gasteiger partial charge in [0, 0.05) is 32.9 Å². The van der Waals surface area contributed by atoms with E-state index in [9.17, 15) is 9.59 Å². The highest BCUT2D eigenvalue weighted by atomic mass is 16.5. The molecule has 0 aromatic heterocycles. The molecule has 0 fully saturated rings. The van der Waals surface area contributed by atoms with Gasteiger partial charge in [0.1, 0.15) is 5.75 Å². The minimum Gasteiger partial charge on any atom is -0.482 e. The fourth-order valence-electron chi connectivity index (χ4n) is 2.11. The zero-order valence-electron chi connectivity index (χ0n) is 12.8. The highest BCUT2D eigenvalue weighted by Gasteiger charge is 2.20. The van der Waals surface area contributed by atoms with Gasteiger partial charge in [-0.2, -0.15) is 0 Å². The Morgan fingerprint density at radius 2 is 1.95 bits per heavy atom. The van der Waals surface area contributed by atoms with Crippen LogP contribution in [0.5, 0.6) is 5.75 Å². The Balaban J connectivity index is 2.13. The van der Waals surface area contributed by atoms with Gasteiger partial charge >= 0.3 is 0 Å². The van der Waals surface area contributed by atoms with Gasteiger partial charge in [-0.1, -0.05) is 0 Å². The van der Waals surface area contributed by atoms with Gasteiger partial charge in [0.2, 0.25) is 0 Å². The van der Waals surface area contributed by atoms with Crippen molar-refractivity contribution in [3.05, 3.63) is 23.8 Å². The van der Waals surface area contributed by atoms with Crippen molar-refractivity contribution in [1.29, 1.82) is 0 Å². The number of nitrogens with zero attached hydrogens (tertiary/aromatic N) is 1. The minimum absolute atomic E-state index is 0.0400.